The molecule has 0 spiro atoms. The lowest BCUT2D eigenvalue weighted by Crippen LogP contribution is -2.58. The number of carbonyl (C=O) groups excluding carboxylic acids is 1. The number of piperazine rings is 1. The maximum absolute atomic E-state index is 12.2. The molecule has 0 aliphatic carbocycles. The molecule has 1 aromatic heterocycles. The molecule has 0 saturated carbocycles. The number of nitrogens with one attached hydrogen (secondary N) is 1. The minimum Gasteiger partial charge on any atom is -0.396 e. The summed E-state index contributed by atoms with van der Waals surface area (Å²) in [6.45, 7) is 3.28. The molecule has 5 heteroatoms. The SMILES string of the molecule is CC1CN(Cc2ccccn2)C(=O)C(CCO)N1. The second-order valence-electron chi connectivity index (χ2n) is 4.67. The van der Waals surface area contributed by atoms with E-state index in [1.54, 1.807) is 6.20 Å². The van der Waals surface area contributed by atoms with Gasteiger partial charge in [0.2, 0.25) is 5.91 Å². The first kappa shape index (κ1) is 13.0. The van der Waals surface area contributed by atoms with Crippen LogP contribution in [0.2, 0.25) is 0 Å². The summed E-state index contributed by atoms with van der Waals surface area (Å²) in [6.07, 6.45) is 2.19. The van der Waals surface area contributed by atoms with Crippen molar-refractivity contribution in [1.29, 1.82) is 0 Å². The Morgan fingerprint density at radius 1 is 1.56 bits per heavy atom. The van der Waals surface area contributed by atoms with Crippen molar-refractivity contribution in [2.45, 2.75) is 32.0 Å². The highest BCUT2D eigenvalue weighted by Crippen LogP contribution is 2.12. The lowest BCUT2D eigenvalue weighted by Gasteiger charge is -2.36. The summed E-state index contributed by atoms with van der Waals surface area (Å²) in [5, 5.41) is 12.2. The maximum atomic E-state index is 12.2. The van der Waals surface area contributed by atoms with E-state index in [1.807, 2.05) is 30.0 Å². The highest BCUT2D eigenvalue weighted by Gasteiger charge is 2.31. The molecule has 1 fully saturated rings. The number of rotatable bonds is 4. The van der Waals surface area contributed by atoms with Crippen LogP contribution in [-0.4, -0.2) is 46.1 Å². The van der Waals surface area contributed by atoms with E-state index in [0.717, 1.165) is 5.69 Å². The van der Waals surface area contributed by atoms with E-state index in [-0.39, 0.29) is 24.6 Å². The van der Waals surface area contributed by atoms with Crippen molar-refractivity contribution in [3.05, 3.63) is 30.1 Å². The molecule has 2 atom stereocenters. The van der Waals surface area contributed by atoms with Gasteiger partial charge < -0.3 is 15.3 Å². The van der Waals surface area contributed by atoms with Gasteiger partial charge in [0.1, 0.15) is 0 Å². The predicted molar refractivity (Wildman–Crippen MR) is 67.7 cm³/mol. The summed E-state index contributed by atoms with van der Waals surface area (Å²) in [6, 6.07) is 5.66. The van der Waals surface area contributed by atoms with E-state index < -0.39 is 0 Å². The van der Waals surface area contributed by atoms with Gasteiger partial charge in [0.25, 0.3) is 0 Å². The number of carbonyl (C=O) groups is 1. The van der Waals surface area contributed by atoms with Gasteiger partial charge >= 0.3 is 0 Å². The van der Waals surface area contributed by atoms with Crippen LogP contribution >= 0.6 is 0 Å². The molecule has 1 aromatic rings. The van der Waals surface area contributed by atoms with E-state index in [0.29, 0.717) is 19.5 Å². The molecule has 18 heavy (non-hydrogen) atoms. The van der Waals surface area contributed by atoms with E-state index in [9.17, 15) is 4.79 Å². The van der Waals surface area contributed by atoms with Crippen molar-refractivity contribution < 1.29 is 9.90 Å². The number of aliphatic hydroxyl groups is 1. The monoisotopic (exact) mass is 249 g/mol. The third kappa shape index (κ3) is 3.05. The summed E-state index contributed by atoms with van der Waals surface area (Å²) in [5.41, 5.74) is 0.891. The Morgan fingerprint density at radius 2 is 2.39 bits per heavy atom. The van der Waals surface area contributed by atoms with Crippen LogP contribution in [0.3, 0.4) is 0 Å². The van der Waals surface area contributed by atoms with Gasteiger partial charge in [-0.25, -0.2) is 0 Å². The second-order valence-corrected chi connectivity index (χ2v) is 4.67. The molecule has 98 valence electrons. The topological polar surface area (TPSA) is 65.5 Å². The fraction of sp³-hybridized carbons (Fsp3) is 0.538. The number of pyridine rings is 1. The van der Waals surface area contributed by atoms with Crippen molar-refractivity contribution in [1.82, 2.24) is 15.2 Å². The van der Waals surface area contributed by atoms with Crippen molar-refractivity contribution in [2.75, 3.05) is 13.2 Å². The van der Waals surface area contributed by atoms with Gasteiger partial charge in [-0.05, 0) is 25.5 Å². The number of aliphatic hydroxyl groups excluding tert-OH is 1. The van der Waals surface area contributed by atoms with Crippen LogP contribution in [0.5, 0.6) is 0 Å². The minimum atomic E-state index is -0.275. The highest BCUT2D eigenvalue weighted by molar-refractivity contribution is 5.82. The van der Waals surface area contributed by atoms with Crippen LogP contribution in [-0.2, 0) is 11.3 Å². The summed E-state index contributed by atoms with van der Waals surface area (Å²) in [7, 11) is 0. The van der Waals surface area contributed by atoms with Crippen LogP contribution < -0.4 is 5.32 Å². The number of amides is 1. The van der Waals surface area contributed by atoms with Gasteiger partial charge in [-0.15, -0.1) is 0 Å². The molecule has 1 aliphatic rings. The fourth-order valence-electron chi connectivity index (χ4n) is 2.27. The summed E-state index contributed by atoms with van der Waals surface area (Å²) >= 11 is 0. The van der Waals surface area contributed by atoms with Crippen LogP contribution in [0, 0.1) is 0 Å². The molecule has 2 unspecified atom stereocenters. The lowest BCUT2D eigenvalue weighted by molar-refractivity contribution is -0.138. The van der Waals surface area contributed by atoms with E-state index in [4.69, 9.17) is 5.11 Å². The summed E-state index contributed by atoms with van der Waals surface area (Å²) in [4.78, 5) is 18.2. The summed E-state index contributed by atoms with van der Waals surface area (Å²) < 4.78 is 0. The third-order valence-electron chi connectivity index (χ3n) is 3.09. The first-order valence-electron chi connectivity index (χ1n) is 6.26. The standard InChI is InChI=1S/C13H19N3O2/c1-10-8-16(9-11-4-2-3-6-14-11)13(18)12(15-10)5-7-17/h2-4,6,10,12,15,17H,5,7-9H2,1H3. The quantitative estimate of drug-likeness (QED) is 0.797. The van der Waals surface area contributed by atoms with Crippen molar-refractivity contribution in [3.8, 4) is 0 Å². The number of aromatic nitrogens is 1. The Bertz CT molecular complexity index is 396. The molecule has 5 nitrogen and oxygen atoms in total. The summed E-state index contributed by atoms with van der Waals surface area (Å²) in [5.74, 6) is 0.0489. The number of hydrogen-bond acceptors (Lipinski definition) is 4. The molecular formula is C13H19N3O2. The minimum absolute atomic E-state index is 0.0214. The van der Waals surface area contributed by atoms with Crippen LogP contribution in [0.4, 0.5) is 0 Å². The van der Waals surface area contributed by atoms with Crippen LogP contribution in [0.1, 0.15) is 19.0 Å². The van der Waals surface area contributed by atoms with Crippen molar-refractivity contribution in [2.24, 2.45) is 0 Å². The van der Waals surface area contributed by atoms with Gasteiger partial charge in [0.15, 0.2) is 0 Å². The zero-order chi connectivity index (χ0) is 13.0. The zero-order valence-electron chi connectivity index (χ0n) is 10.5. The average molecular weight is 249 g/mol. The molecule has 2 rings (SSSR count). The van der Waals surface area contributed by atoms with Crippen molar-refractivity contribution >= 4 is 5.91 Å². The Kier molecular flexibility index (Phi) is 4.28. The molecule has 0 radical (unpaired) electrons. The fourth-order valence-corrected chi connectivity index (χ4v) is 2.27. The van der Waals surface area contributed by atoms with Gasteiger partial charge in [-0.1, -0.05) is 6.07 Å². The predicted octanol–water partition coefficient (Wildman–Crippen LogP) is 0.153. The van der Waals surface area contributed by atoms with Gasteiger partial charge in [0.05, 0.1) is 18.3 Å². The lowest BCUT2D eigenvalue weighted by atomic mass is 10.1. The molecule has 1 aliphatic heterocycles. The molecule has 2 N–H and O–H groups in total. The second kappa shape index (κ2) is 5.93. The number of nitrogens with zero attached hydrogens (tertiary/aromatic N) is 2. The van der Waals surface area contributed by atoms with Gasteiger partial charge in [-0.2, -0.15) is 0 Å². The first-order valence-corrected chi connectivity index (χ1v) is 6.26. The Morgan fingerprint density at radius 3 is 3.06 bits per heavy atom. The normalized spacial score (nSPS) is 24.3. The van der Waals surface area contributed by atoms with Gasteiger partial charge in [0, 0.05) is 25.4 Å². The molecule has 1 saturated heterocycles. The molecule has 0 aromatic carbocycles. The van der Waals surface area contributed by atoms with E-state index in [2.05, 4.69) is 10.3 Å². The molecule has 0 bridgehead atoms. The smallest absolute Gasteiger partial charge is 0.240 e. The highest BCUT2D eigenvalue weighted by atomic mass is 16.3. The van der Waals surface area contributed by atoms with Crippen molar-refractivity contribution in [3.63, 3.8) is 0 Å². The largest absolute Gasteiger partial charge is 0.396 e. The molecule has 2 heterocycles. The Hall–Kier alpha value is -1.46. The van der Waals surface area contributed by atoms with Crippen LogP contribution in [0.25, 0.3) is 0 Å². The molecule has 1 amide bonds. The third-order valence-corrected chi connectivity index (χ3v) is 3.09. The van der Waals surface area contributed by atoms with Gasteiger partial charge in [-0.3, -0.25) is 9.78 Å². The molecular weight excluding hydrogens is 230 g/mol. The number of hydrogen-bond donors (Lipinski definition) is 2. The Balaban J connectivity index is 2.04. The van der Waals surface area contributed by atoms with Crippen LogP contribution in [0.15, 0.2) is 24.4 Å². The average Bonchev–Trinajstić information content (AvgIpc) is 2.36. The van der Waals surface area contributed by atoms with E-state index >= 15 is 0 Å². The van der Waals surface area contributed by atoms with E-state index in [1.165, 1.54) is 0 Å². The first-order chi connectivity index (χ1) is 8.70. The zero-order valence-corrected chi connectivity index (χ0v) is 10.5. The Labute approximate surface area is 107 Å². The maximum Gasteiger partial charge on any atom is 0.240 e.